The van der Waals surface area contributed by atoms with Gasteiger partial charge in [0.25, 0.3) is 0 Å². The molecule has 0 saturated carbocycles. The number of rotatable bonds is 6. The highest BCUT2D eigenvalue weighted by Gasteiger charge is 2.27. The number of piperidine rings is 1. The summed E-state index contributed by atoms with van der Waals surface area (Å²) in [5.41, 5.74) is 0.904. The average Bonchev–Trinajstić information content (AvgIpc) is 2.54. The number of hydrogen-bond acceptors (Lipinski definition) is 4. The van der Waals surface area contributed by atoms with Crippen LogP contribution in [0.4, 0.5) is 5.69 Å². The van der Waals surface area contributed by atoms with Gasteiger partial charge in [-0.15, -0.1) is 0 Å². The van der Waals surface area contributed by atoms with E-state index < -0.39 is 10.0 Å². The zero-order chi connectivity index (χ0) is 16.0. The van der Waals surface area contributed by atoms with Crippen molar-refractivity contribution in [3.05, 3.63) is 30.3 Å². The number of para-hydroxylation sites is 1. The van der Waals surface area contributed by atoms with Crippen molar-refractivity contribution in [1.29, 1.82) is 0 Å². The third kappa shape index (κ3) is 4.71. The number of nitrogens with one attached hydrogen (secondary N) is 2. The van der Waals surface area contributed by atoms with Gasteiger partial charge in [0.1, 0.15) is 0 Å². The Morgan fingerprint density at radius 3 is 2.45 bits per heavy atom. The molecule has 0 bridgehead atoms. The Balaban J connectivity index is 1.73. The van der Waals surface area contributed by atoms with Gasteiger partial charge in [-0.1, -0.05) is 18.2 Å². The lowest BCUT2D eigenvalue weighted by atomic mass is 10.1. The molecule has 1 aromatic carbocycles. The molecule has 6 nitrogen and oxygen atoms in total. The zero-order valence-electron chi connectivity index (χ0n) is 12.8. The summed E-state index contributed by atoms with van der Waals surface area (Å²) in [5.74, 6) is 0.0611. The molecule has 0 radical (unpaired) electrons. The lowest BCUT2D eigenvalue weighted by molar-refractivity contribution is -0.120. The average molecular weight is 325 g/mol. The van der Waals surface area contributed by atoms with E-state index in [0.29, 0.717) is 25.9 Å². The van der Waals surface area contributed by atoms with Gasteiger partial charge in [0.15, 0.2) is 0 Å². The van der Waals surface area contributed by atoms with Crippen LogP contribution in [0.2, 0.25) is 0 Å². The van der Waals surface area contributed by atoms with E-state index in [2.05, 4.69) is 10.6 Å². The minimum absolute atomic E-state index is 0.0494. The van der Waals surface area contributed by atoms with Crippen LogP contribution in [0, 0.1) is 0 Å². The van der Waals surface area contributed by atoms with E-state index in [1.807, 2.05) is 30.3 Å². The maximum atomic E-state index is 11.9. The molecular weight excluding hydrogens is 302 g/mol. The normalized spacial score (nSPS) is 17.1. The number of amides is 1. The summed E-state index contributed by atoms with van der Waals surface area (Å²) in [5, 5.41) is 6.01. The van der Waals surface area contributed by atoms with Crippen molar-refractivity contribution in [2.75, 3.05) is 30.7 Å². The SMILES string of the molecule is CCS(=O)(=O)N1CCC(NC(=O)CNc2ccccc2)CC1. The molecule has 0 aliphatic carbocycles. The Labute approximate surface area is 131 Å². The molecule has 1 amide bonds. The molecule has 0 atom stereocenters. The number of anilines is 1. The molecule has 0 unspecified atom stereocenters. The fourth-order valence-corrected chi connectivity index (χ4v) is 3.61. The van der Waals surface area contributed by atoms with Crippen LogP contribution in [0.15, 0.2) is 30.3 Å². The van der Waals surface area contributed by atoms with Gasteiger partial charge in [-0.05, 0) is 31.9 Å². The third-order valence-electron chi connectivity index (χ3n) is 3.80. The van der Waals surface area contributed by atoms with Crippen molar-refractivity contribution < 1.29 is 13.2 Å². The van der Waals surface area contributed by atoms with Crippen LogP contribution in [0.25, 0.3) is 0 Å². The Bertz CT molecular complexity index is 581. The Morgan fingerprint density at radius 1 is 1.23 bits per heavy atom. The lowest BCUT2D eigenvalue weighted by Gasteiger charge is -2.31. The molecular formula is C15H23N3O3S. The zero-order valence-corrected chi connectivity index (χ0v) is 13.6. The van der Waals surface area contributed by atoms with Gasteiger partial charge >= 0.3 is 0 Å². The minimum atomic E-state index is -3.11. The molecule has 2 N–H and O–H groups in total. The Morgan fingerprint density at radius 2 is 1.86 bits per heavy atom. The molecule has 7 heteroatoms. The van der Waals surface area contributed by atoms with E-state index in [-0.39, 0.29) is 24.2 Å². The first-order valence-corrected chi connectivity index (χ1v) is 9.18. The molecule has 1 aliphatic heterocycles. The highest BCUT2D eigenvalue weighted by atomic mass is 32.2. The van der Waals surface area contributed by atoms with E-state index in [4.69, 9.17) is 0 Å². The molecule has 22 heavy (non-hydrogen) atoms. The molecule has 0 aromatic heterocycles. The number of benzene rings is 1. The summed E-state index contributed by atoms with van der Waals surface area (Å²) in [6, 6.07) is 9.59. The topological polar surface area (TPSA) is 78.5 Å². The van der Waals surface area contributed by atoms with Crippen LogP contribution in [0.3, 0.4) is 0 Å². The van der Waals surface area contributed by atoms with E-state index in [1.54, 1.807) is 6.92 Å². The first-order chi connectivity index (χ1) is 10.5. The van der Waals surface area contributed by atoms with E-state index >= 15 is 0 Å². The van der Waals surface area contributed by atoms with Crippen molar-refractivity contribution in [2.24, 2.45) is 0 Å². The largest absolute Gasteiger partial charge is 0.376 e. The Kier molecular flexibility index (Phi) is 5.79. The predicted molar refractivity (Wildman–Crippen MR) is 87.1 cm³/mol. The second-order valence-corrected chi connectivity index (χ2v) is 7.62. The Hall–Kier alpha value is -1.60. The number of nitrogens with zero attached hydrogens (tertiary/aromatic N) is 1. The van der Waals surface area contributed by atoms with Gasteiger partial charge in [-0.25, -0.2) is 12.7 Å². The van der Waals surface area contributed by atoms with Gasteiger partial charge in [0.2, 0.25) is 15.9 Å². The summed E-state index contributed by atoms with van der Waals surface area (Å²) in [7, 11) is -3.11. The molecule has 1 aromatic rings. The van der Waals surface area contributed by atoms with Crippen molar-refractivity contribution >= 4 is 21.6 Å². The van der Waals surface area contributed by atoms with Gasteiger partial charge in [0, 0.05) is 24.8 Å². The monoisotopic (exact) mass is 325 g/mol. The summed E-state index contributed by atoms with van der Waals surface area (Å²) < 4.78 is 25.1. The second kappa shape index (κ2) is 7.60. The fourth-order valence-electron chi connectivity index (χ4n) is 2.48. The first kappa shape index (κ1) is 16.8. The van der Waals surface area contributed by atoms with Crippen LogP contribution < -0.4 is 10.6 Å². The van der Waals surface area contributed by atoms with E-state index in [9.17, 15) is 13.2 Å². The minimum Gasteiger partial charge on any atom is -0.376 e. The quantitative estimate of drug-likeness (QED) is 0.819. The van der Waals surface area contributed by atoms with Crippen molar-refractivity contribution in [1.82, 2.24) is 9.62 Å². The van der Waals surface area contributed by atoms with Crippen molar-refractivity contribution in [3.8, 4) is 0 Å². The third-order valence-corrected chi connectivity index (χ3v) is 5.69. The number of carbonyl (C=O) groups is 1. The van der Waals surface area contributed by atoms with Crippen LogP contribution in [0.1, 0.15) is 19.8 Å². The van der Waals surface area contributed by atoms with Crippen molar-refractivity contribution in [2.45, 2.75) is 25.8 Å². The number of hydrogen-bond donors (Lipinski definition) is 2. The maximum Gasteiger partial charge on any atom is 0.239 e. The van der Waals surface area contributed by atoms with E-state index in [0.717, 1.165) is 5.69 Å². The van der Waals surface area contributed by atoms with Crippen LogP contribution in [0.5, 0.6) is 0 Å². The molecule has 2 rings (SSSR count). The molecule has 0 spiro atoms. The van der Waals surface area contributed by atoms with E-state index in [1.165, 1.54) is 4.31 Å². The van der Waals surface area contributed by atoms with Crippen LogP contribution >= 0.6 is 0 Å². The maximum absolute atomic E-state index is 11.9. The predicted octanol–water partition coefficient (Wildman–Crippen LogP) is 1.03. The lowest BCUT2D eigenvalue weighted by Crippen LogP contribution is -2.47. The first-order valence-electron chi connectivity index (χ1n) is 7.57. The summed E-state index contributed by atoms with van der Waals surface area (Å²) in [4.78, 5) is 11.9. The standard InChI is InChI=1S/C15H23N3O3S/c1-2-22(20,21)18-10-8-14(9-11-18)17-15(19)12-16-13-6-4-3-5-7-13/h3-7,14,16H,2,8-12H2,1H3,(H,17,19). The molecule has 1 heterocycles. The smallest absolute Gasteiger partial charge is 0.239 e. The van der Waals surface area contributed by atoms with Gasteiger partial charge in [-0.3, -0.25) is 4.79 Å². The van der Waals surface area contributed by atoms with Gasteiger partial charge < -0.3 is 10.6 Å². The van der Waals surface area contributed by atoms with Gasteiger partial charge in [-0.2, -0.15) is 0 Å². The van der Waals surface area contributed by atoms with Crippen LogP contribution in [-0.2, 0) is 14.8 Å². The number of sulfonamides is 1. The second-order valence-electron chi connectivity index (χ2n) is 5.36. The highest BCUT2D eigenvalue weighted by Crippen LogP contribution is 2.14. The number of carbonyl (C=O) groups excluding carboxylic acids is 1. The molecule has 1 fully saturated rings. The summed E-state index contributed by atoms with van der Waals surface area (Å²) >= 11 is 0. The summed E-state index contributed by atoms with van der Waals surface area (Å²) in [6.45, 7) is 2.83. The van der Waals surface area contributed by atoms with Gasteiger partial charge in [0.05, 0.1) is 12.3 Å². The molecule has 1 aliphatic rings. The van der Waals surface area contributed by atoms with Crippen LogP contribution in [-0.4, -0.2) is 50.1 Å². The molecule has 122 valence electrons. The summed E-state index contributed by atoms with van der Waals surface area (Å²) in [6.07, 6.45) is 1.33. The molecule has 1 saturated heterocycles. The van der Waals surface area contributed by atoms with Crippen molar-refractivity contribution in [3.63, 3.8) is 0 Å². The fraction of sp³-hybridized carbons (Fsp3) is 0.533. The highest BCUT2D eigenvalue weighted by molar-refractivity contribution is 7.89.